The SMILES string of the molecule is O=C1O[C@@H](CO)CN1c1ccc(OCc2ccccc2)c([N+](=O)[O-])c1. The maximum atomic E-state index is 11.8. The molecule has 2 aromatic carbocycles. The van der Waals surface area contributed by atoms with Crippen molar-refractivity contribution in [2.75, 3.05) is 18.1 Å². The van der Waals surface area contributed by atoms with E-state index in [0.717, 1.165) is 5.56 Å². The first-order valence-corrected chi connectivity index (χ1v) is 7.62. The van der Waals surface area contributed by atoms with Gasteiger partial charge in [0.05, 0.1) is 23.8 Å². The second kappa shape index (κ2) is 7.18. The highest BCUT2D eigenvalue weighted by atomic mass is 16.6. The maximum absolute atomic E-state index is 11.8. The van der Waals surface area contributed by atoms with Crippen molar-refractivity contribution in [2.45, 2.75) is 12.7 Å². The van der Waals surface area contributed by atoms with Gasteiger partial charge in [-0.2, -0.15) is 0 Å². The normalized spacial score (nSPS) is 16.6. The largest absolute Gasteiger partial charge is 0.482 e. The van der Waals surface area contributed by atoms with Crippen molar-refractivity contribution in [1.29, 1.82) is 0 Å². The molecule has 2 aromatic rings. The fourth-order valence-electron chi connectivity index (χ4n) is 2.50. The molecule has 1 aliphatic heterocycles. The van der Waals surface area contributed by atoms with Gasteiger partial charge < -0.3 is 14.6 Å². The van der Waals surface area contributed by atoms with Crippen LogP contribution in [0.4, 0.5) is 16.2 Å². The number of cyclic esters (lactones) is 1. The molecule has 1 fully saturated rings. The Morgan fingerprint density at radius 2 is 2.04 bits per heavy atom. The molecule has 0 saturated carbocycles. The number of amides is 1. The van der Waals surface area contributed by atoms with E-state index in [-0.39, 0.29) is 31.2 Å². The monoisotopic (exact) mass is 344 g/mol. The Morgan fingerprint density at radius 1 is 1.28 bits per heavy atom. The van der Waals surface area contributed by atoms with Gasteiger partial charge >= 0.3 is 11.8 Å². The quantitative estimate of drug-likeness (QED) is 0.638. The second-order valence-corrected chi connectivity index (χ2v) is 5.48. The number of hydrogen-bond donors (Lipinski definition) is 1. The zero-order valence-corrected chi connectivity index (χ0v) is 13.2. The van der Waals surface area contributed by atoms with Crippen LogP contribution in [-0.2, 0) is 11.3 Å². The number of aliphatic hydroxyl groups is 1. The standard InChI is InChI=1S/C17H16N2O6/c20-10-14-9-18(17(21)25-14)13-6-7-16(15(8-13)19(22)23)24-11-12-4-2-1-3-5-12/h1-8,14,20H,9-11H2/t14-/m1/s1. The number of benzene rings is 2. The predicted molar refractivity (Wildman–Crippen MR) is 88.6 cm³/mol. The number of hydrogen-bond acceptors (Lipinski definition) is 6. The maximum Gasteiger partial charge on any atom is 0.414 e. The molecule has 3 rings (SSSR count). The number of nitro benzene ring substituents is 1. The Kier molecular flexibility index (Phi) is 4.80. The third-order valence-corrected chi connectivity index (χ3v) is 3.77. The van der Waals surface area contributed by atoms with Crippen LogP contribution in [0.25, 0.3) is 0 Å². The van der Waals surface area contributed by atoms with Gasteiger partial charge in [-0.05, 0) is 17.7 Å². The van der Waals surface area contributed by atoms with E-state index in [1.807, 2.05) is 30.3 Å². The molecule has 8 nitrogen and oxygen atoms in total. The molecule has 0 aliphatic carbocycles. The molecule has 25 heavy (non-hydrogen) atoms. The van der Waals surface area contributed by atoms with Crippen LogP contribution in [0.2, 0.25) is 0 Å². The van der Waals surface area contributed by atoms with Gasteiger partial charge in [0.25, 0.3) is 0 Å². The van der Waals surface area contributed by atoms with E-state index in [0.29, 0.717) is 5.69 Å². The first kappa shape index (κ1) is 16.7. The Bertz CT molecular complexity index is 780. The molecule has 0 spiro atoms. The van der Waals surface area contributed by atoms with E-state index in [1.54, 1.807) is 6.07 Å². The summed E-state index contributed by atoms with van der Waals surface area (Å²) >= 11 is 0. The summed E-state index contributed by atoms with van der Waals surface area (Å²) < 4.78 is 10.5. The summed E-state index contributed by atoms with van der Waals surface area (Å²) in [6.07, 6.45) is -1.29. The van der Waals surface area contributed by atoms with E-state index in [1.165, 1.54) is 17.0 Å². The van der Waals surface area contributed by atoms with Crippen LogP contribution in [0.3, 0.4) is 0 Å². The molecule has 1 atom stereocenters. The highest BCUT2D eigenvalue weighted by Gasteiger charge is 2.33. The minimum absolute atomic E-state index is 0.115. The van der Waals surface area contributed by atoms with Crippen LogP contribution in [-0.4, -0.2) is 35.4 Å². The van der Waals surface area contributed by atoms with Crippen molar-refractivity contribution in [3.05, 3.63) is 64.2 Å². The fraction of sp³-hybridized carbons (Fsp3) is 0.235. The molecule has 130 valence electrons. The number of nitro groups is 1. The number of carbonyl (C=O) groups is 1. The lowest BCUT2D eigenvalue weighted by Crippen LogP contribution is -2.25. The van der Waals surface area contributed by atoms with Crippen LogP contribution in [0.1, 0.15) is 5.56 Å². The molecule has 1 aliphatic rings. The Hall–Kier alpha value is -3.13. The number of rotatable bonds is 6. The van der Waals surface area contributed by atoms with Gasteiger partial charge in [0.1, 0.15) is 12.7 Å². The van der Waals surface area contributed by atoms with Crippen LogP contribution < -0.4 is 9.64 Å². The molecule has 8 heteroatoms. The lowest BCUT2D eigenvalue weighted by Gasteiger charge is -2.14. The fourth-order valence-corrected chi connectivity index (χ4v) is 2.50. The summed E-state index contributed by atoms with van der Waals surface area (Å²) in [5, 5.41) is 20.4. The van der Waals surface area contributed by atoms with Gasteiger partial charge in [0.15, 0.2) is 5.75 Å². The Balaban J connectivity index is 1.81. The van der Waals surface area contributed by atoms with Crippen molar-refractivity contribution < 1.29 is 24.3 Å². The molecule has 1 amide bonds. The van der Waals surface area contributed by atoms with Crippen molar-refractivity contribution in [2.24, 2.45) is 0 Å². The number of nitrogens with zero attached hydrogens (tertiary/aromatic N) is 2. The van der Waals surface area contributed by atoms with E-state index in [2.05, 4.69) is 0 Å². The zero-order chi connectivity index (χ0) is 17.8. The van der Waals surface area contributed by atoms with Crippen molar-refractivity contribution in [3.63, 3.8) is 0 Å². The molecule has 0 aromatic heterocycles. The molecule has 1 heterocycles. The van der Waals surface area contributed by atoms with E-state index in [9.17, 15) is 14.9 Å². The first-order chi connectivity index (χ1) is 12.1. The van der Waals surface area contributed by atoms with E-state index < -0.39 is 17.1 Å². The third kappa shape index (κ3) is 3.69. The van der Waals surface area contributed by atoms with Crippen molar-refractivity contribution in [3.8, 4) is 5.75 Å². The molecule has 0 unspecified atom stereocenters. The molecular formula is C17H16N2O6. The van der Waals surface area contributed by atoms with Gasteiger partial charge in [-0.3, -0.25) is 15.0 Å². The van der Waals surface area contributed by atoms with Crippen molar-refractivity contribution >= 4 is 17.5 Å². The zero-order valence-electron chi connectivity index (χ0n) is 13.2. The molecule has 0 bridgehead atoms. The second-order valence-electron chi connectivity index (χ2n) is 5.48. The highest BCUT2D eigenvalue weighted by Crippen LogP contribution is 2.33. The topological polar surface area (TPSA) is 102 Å². The summed E-state index contributed by atoms with van der Waals surface area (Å²) in [5.41, 5.74) is 0.961. The number of carbonyl (C=O) groups excluding carboxylic acids is 1. The summed E-state index contributed by atoms with van der Waals surface area (Å²) in [7, 11) is 0. The molecule has 1 N–H and O–H groups in total. The average molecular weight is 344 g/mol. The number of aliphatic hydroxyl groups excluding tert-OH is 1. The summed E-state index contributed by atoms with van der Waals surface area (Å²) in [4.78, 5) is 23.8. The summed E-state index contributed by atoms with van der Waals surface area (Å²) in [6.45, 7) is 0.0265. The van der Waals surface area contributed by atoms with Crippen LogP contribution in [0.5, 0.6) is 5.75 Å². The van der Waals surface area contributed by atoms with Gasteiger partial charge in [-0.1, -0.05) is 30.3 Å². The number of ether oxygens (including phenoxy) is 2. The Morgan fingerprint density at radius 3 is 2.68 bits per heavy atom. The molecular weight excluding hydrogens is 328 g/mol. The van der Waals surface area contributed by atoms with E-state index >= 15 is 0 Å². The predicted octanol–water partition coefficient (Wildman–Crippen LogP) is 2.49. The van der Waals surface area contributed by atoms with Crippen LogP contribution in [0, 0.1) is 10.1 Å². The Labute approximate surface area is 143 Å². The van der Waals surface area contributed by atoms with E-state index in [4.69, 9.17) is 14.6 Å². The van der Waals surface area contributed by atoms with Gasteiger partial charge in [-0.25, -0.2) is 4.79 Å². The lowest BCUT2D eigenvalue weighted by atomic mass is 10.2. The minimum atomic E-state index is -0.647. The van der Waals surface area contributed by atoms with Crippen molar-refractivity contribution in [1.82, 2.24) is 0 Å². The van der Waals surface area contributed by atoms with Gasteiger partial charge in [-0.15, -0.1) is 0 Å². The summed E-state index contributed by atoms with van der Waals surface area (Å²) in [5.74, 6) is 0.115. The minimum Gasteiger partial charge on any atom is -0.482 e. The highest BCUT2D eigenvalue weighted by molar-refractivity contribution is 5.90. The van der Waals surface area contributed by atoms with Gasteiger partial charge in [0, 0.05) is 6.07 Å². The molecule has 1 saturated heterocycles. The average Bonchev–Trinajstić information content (AvgIpc) is 3.01. The van der Waals surface area contributed by atoms with Crippen LogP contribution >= 0.6 is 0 Å². The first-order valence-electron chi connectivity index (χ1n) is 7.62. The smallest absolute Gasteiger partial charge is 0.414 e. The number of anilines is 1. The summed E-state index contributed by atoms with van der Waals surface area (Å²) in [6, 6.07) is 13.6. The lowest BCUT2D eigenvalue weighted by molar-refractivity contribution is -0.385. The third-order valence-electron chi connectivity index (χ3n) is 3.77. The van der Waals surface area contributed by atoms with Gasteiger partial charge in [0.2, 0.25) is 0 Å². The van der Waals surface area contributed by atoms with Crippen LogP contribution in [0.15, 0.2) is 48.5 Å². The molecule has 0 radical (unpaired) electrons.